The molecule has 0 saturated heterocycles. The van der Waals surface area contributed by atoms with Crippen molar-refractivity contribution in [3.8, 4) is 0 Å². The van der Waals surface area contributed by atoms with Crippen molar-refractivity contribution in [2.24, 2.45) is 5.73 Å². The topological polar surface area (TPSA) is 26.0 Å². The molecule has 0 radical (unpaired) electrons. The Morgan fingerprint density at radius 1 is 0.800 bits per heavy atom. The van der Waals surface area contributed by atoms with Crippen LogP contribution in [0.5, 0.6) is 0 Å². The van der Waals surface area contributed by atoms with Gasteiger partial charge in [0.1, 0.15) is 0 Å². The van der Waals surface area contributed by atoms with Crippen LogP contribution in [0.15, 0.2) is 42.5 Å². The summed E-state index contributed by atoms with van der Waals surface area (Å²) < 4.78 is 0. The molecule has 2 aromatic carbocycles. The van der Waals surface area contributed by atoms with Crippen LogP contribution in [0, 0.1) is 0 Å². The van der Waals surface area contributed by atoms with Gasteiger partial charge in [-0.05, 0) is 35.6 Å². The van der Waals surface area contributed by atoms with E-state index in [0.717, 1.165) is 25.7 Å². The smallest absolute Gasteiger partial charge is 0.0223 e. The molecule has 2 N–H and O–H groups in total. The minimum Gasteiger partial charge on any atom is -0.325 e. The zero-order chi connectivity index (χ0) is 18.1. The van der Waals surface area contributed by atoms with E-state index in [4.69, 9.17) is 5.73 Å². The summed E-state index contributed by atoms with van der Waals surface area (Å²) in [6.07, 6.45) is 11.0. The predicted octanol–water partition coefficient (Wildman–Crippen LogP) is 7.19. The molecule has 1 heteroatoms. The van der Waals surface area contributed by atoms with Gasteiger partial charge in [-0.3, -0.25) is 0 Å². The molecule has 2 rings (SSSR count). The molecule has 0 aliphatic rings. The van der Waals surface area contributed by atoms with Crippen LogP contribution in [0.1, 0.15) is 90.0 Å². The molecule has 0 amide bonds. The molecular formula is C24H37N. The van der Waals surface area contributed by atoms with Crippen molar-refractivity contribution in [1.29, 1.82) is 0 Å². The Morgan fingerprint density at radius 2 is 1.48 bits per heavy atom. The molecule has 138 valence electrons. The maximum atomic E-state index is 7.10. The summed E-state index contributed by atoms with van der Waals surface area (Å²) in [7, 11) is 0. The number of benzene rings is 2. The fourth-order valence-corrected chi connectivity index (χ4v) is 4.49. The molecule has 0 aromatic heterocycles. The number of rotatable bonds is 11. The second-order valence-corrected chi connectivity index (χ2v) is 7.70. The van der Waals surface area contributed by atoms with Crippen LogP contribution in [-0.2, 0) is 0 Å². The molecule has 0 bridgehead atoms. The van der Waals surface area contributed by atoms with Gasteiger partial charge < -0.3 is 5.73 Å². The number of hydrogen-bond donors (Lipinski definition) is 1. The molecule has 0 fully saturated rings. The number of unbranched alkanes of at least 4 members (excludes halogenated alkanes) is 3. The van der Waals surface area contributed by atoms with Crippen molar-refractivity contribution in [2.45, 2.75) is 90.0 Å². The largest absolute Gasteiger partial charge is 0.325 e. The van der Waals surface area contributed by atoms with Crippen molar-refractivity contribution in [3.05, 3.63) is 48.0 Å². The summed E-state index contributed by atoms with van der Waals surface area (Å²) in [6.45, 7) is 6.83. The summed E-state index contributed by atoms with van der Waals surface area (Å²) in [5, 5.41) is 2.74. The molecule has 0 aliphatic heterocycles. The third-order valence-electron chi connectivity index (χ3n) is 5.67. The molecule has 0 saturated carbocycles. The quantitative estimate of drug-likeness (QED) is 0.431. The van der Waals surface area contributed by atoms with Gasteiger partial charge in [-0.2, -0.15) is 0 Å². The molecule has 0 spiro atoms. The van der Waals surface area contributed by atoms with Gasteiger partial charge >= 0.3 is 0 Å². The van der Waals surface area contributed by atoms with Gasteiger partial charge in [0.05, 0.1) is 0 Å². The summed E-state index contributed by atoms with van der Waals surface area (Å²) in [5.41, 5.74) is 8.49. The van der Waals surface area contributed by atoms with Crippen molar-refractivity contribution in [1.82, 2.24) is 0 Å². The van der Waals surface area contributed by atoms with E-state index in [1.54, 1.807) is 0 Å². The third kappa shape index (κ3) is 5.07. The van der Waals surface area contributed by atoms with Crippen LogP contribution in [0.2, 0.25) is 0 Å². The zero-order valence-corrected chi connectivity index (χ0v) is 16.6. The minimum atomic E-state index is -0.0835. The Bertz CT molecular complexity index is 620. The average molecular weight is 340 g/mol. The maximum absolute atomic E-state index is 7.10. The highest BCUT2D eigenvalue weighted by Crippen LogP contribution is 2.40. The van der Waals surface area contributed by atoms with Crippen LogP contribution in [-0.4, -0.2) is 5.54 Å². The number of hydrogen-bond acceptors (Lipinski definition) is 1. The molecule has 1 atom stereocenters. The highest BCUT2D eigenvalue weighted by molar-refractivity contribution is 5.86. The standard InChI is InChI=1S/C24H37N/c1-4-7-8-9-17-23(24(25,18-5-2)19-6-3)22-16-12-14-20-13-10-11-15-21(20)22/h10-16,23H,4-9,17-19,25H2,1-3H3. The van der Waals surface area contributed by atoms with E-state index in [2.05, 4.69) is 63.2 Å². The van der Waals surface area contributed by atoms with Crippen molar-refractivity contribution in [3.63, 3.8) is 0 Å². The lowest BCUT2D eigenvalue weighted by molar-refractivity contribution is 0.277. The zero-order valence-electron chi connectivity index (χ0n) is 16.6. The van der Waals surface area contributed by atoms with Crippen molar-refractivity contribution < 1.29 is 0 Å². The van der Waals surface area contributed by atoms with Gasteiger partial charge in [0.15, 0.2) is 0 Å². The Balaban J connectivity index is 2.41. The monoisotopic (exact) mass is 339 g/mol. The SMILES string of the molecule is CCCCCCC(c1cccc2ccccc12)C(N)(CCC)CCC. The van der Waals surface area contributed by atoms with Crippen LogP contribution in [0.25, 0.3) is 10.8 Å². The van der Waals surface area contributed by atoms with E-state index >= 15 is 0 Å². The lowest BCUT2D eigenvalue weighted by atomic mass is 9.71. The Morgan fingerprint density at radius 3 is 2.16 bits per heavy atom. The Labute approximate surface area is 155 Å². The molecular weight excluding hydrogens is 302 g/mol. The molecule has 1 nitrogen and oxygen atoms in total. The summed E-state index contributed by atoms with van der Waals surface area (Å²) in [6, 6.07) is 15.6. The van der Waals surface area contributed by atoms with E-state index in [1.807, 2.05) is 0 Å². The second-order valence-electron chi connectivity index (χ2n) is 7.70. The fraction of sp³-hybridized carbons (Fsp3) is 0.583. The van der Waals surface area contributed by atoms with Gasteiger partial charge in [-0.25, -0.2) is 0 Å². The molecule has 25 heavy (non-hydrogen) atoms. The van der Waals surface area contributed by atoms with Gasteiger partial charge in [0, 0.05) is 11.5 Å². The van der Waals surface area contributed by atoms with E-state index < -0.39 is 0 Å². The van der Waals surface area contributed by atoms with E-state index in [-0.39, 0.29) is 5.54 Å². The first kappa shape index (κ1) is 20.0. The van der Waals surface area contributed by atoms with Crippen LogP contribution in [0.3, 0.4) is 0 Å². The van der Waals surface area contributed by atoms with Crippen molar-refractivity contribution >= 4 is 10.8 Å². The van der Waals surface area contributed by atoms with Gasteiger partial charge in [0.25, 0.3) is 0 Å². The van der Waals surface area contributed by atoms with Gasteiger partial charge in [-0.1, -0.05) is 102 Å². The lowest BCUT2D eigenvalue weighted by Crippen LogP contribution is -2.45. The lowest BCUT2D eigenvalue weighted by Gasteiger charge is -2.39. The first-order chi connectivity index (χ1) is 12.2. The number of nitrogens with two attached hydrogens (primary N) is 1. The van der Waals surface area contributed by atoms with Crippen molar-refractivity contribution in [2.75, 3.05) is 0 Å². The molecule has 2 aromatic rings. The Hall–Kier alpha value is -1.34. The predicted molar refractivity (Wildman–Crippen MR) is 112 cm³/mol. The van der Waals surface area contributed by atoms with Crippen LogP contribution in [0.4, 0.5) is 0 Å². The molecule has 1 unspecified atom stereocenters. The normalized spacial score (nSPS) is 13.3. The van der Waals surface area contributed by atoms with Gasteiger partial charge in [0.2, 0.25) is 0 Å². The number of fused-ring (bicyclic) bond motifs is 1. The van der Waals surface area contributed by atoms with E-state index in [0.29, 0.717) is 5.92 Å². The molecule has 0 aliphatic carbocycles. The summed E-state index contributed by atoms with van der Waals surface area (Å²) in [4.78, 5) is 0. The average Bonchev–Trinajstić information content (AvgIpc) is 2.62. The first-order valence-corrected chi connectivity index (χ1v) is 10.4. The summed E-state index contributed by atoms with van der Waals surface area (Å²) >= 11 is 0. The fourth-order valence-electron chi connectivity index (χ4n) is 4.49. The second kappa shape index (κ2) is 9.97. The van der Waals surface area contributed by atoms with Crippen LogP contribution < -0.4 is 5.73 Å². The summed E-state index contributed by atoms with van der Waals surface area (Å²) in [5.74, 6) is 0.454. The highest BCUT2D eigenvalue weighted by atomic mass is 14.8. The highest BCUT2D eigenvalue weighted by Gasteiger charge is 2.34. The first-order valence-electron chi connectivity index (χ1n) is 10.4. The third-order valence-corrected chi connectivity index (χ3v) is 5.67. The van der Waals surface area contributed by atoms with E-state index in [9.17, 15) is 0 Å². The maximum Gasteiger partial charge on any atom is 0.0223 e. The van der Waals surface area contributed by atoms with E-state index in [1.165, 1.54) is 48.4 Å². The Kier molecular flexibility index (Phi) is 7.96. The minimum absolute atomic E-state index is 0.0835. The van der Waals surface area contributed by atoms with Crippen LogP contribution >= 0.6 is 0 Å². The molecule has 0 heterocycles. The van der Waals surface area contributed by atoms with Gasteiger partial charge in [-0.15, -0.1) is 0 Å².